The number of aromatic nitrogens is 1. The number of alkyl halides is 1. The monoisotopic (exact) mass is 573 g/mol. The molecular formula is C28H30ClF2N5O4. The van der Waals surface area contributed by atoms with Crippen LogP contribution in [0.4, 0.5) is 24.1 Å². The molecule has 9 nitrogen and oxygen atoms in total. The average molecular weight is 574 g/mol. The number of nitrogens with zero attached hydrogens (tertiary/aromatic N) is 3. The minimum Gasteiger partial charge on any atom is -0.379 e. The lowest BCUT2D eigenvalue weighted by Crippen LogP contribution is -2.47. The number of aryl methyl sites for hydroxylation is 1. The zero-order valence-corrected chi connectivity index (χ0v) is 22.5. The lowest BCUT2D eigenvalue weighted by Gasteiger charge is -2.32. The Labute approximate surface area is 234 Å². The summed E-state index contributed by atoms with van der Waals surface area (Å²) >= 11 is 5.88. The molecule has 3 amide bonds. The molecular weight excluding hydrogens is 544 g/mol. The minimum absolute atomic E-state index is 0.0461. The molecule has 2 aliphatic heterocycles. The van der Waals surface area contributed by atoms with Gasteiger partial charge in [-0.05, 0) is 24.1 Å². The van der Waals surface area contributed by atoms with Crippen LogP contribution in [0.3, 0.4) is 0 Å². The number of halogens is 3. The fourth-order valence-electron chi connectivity index (χ4n) is 5.53. The maximum Gasteiger partial charge on any atom is 0.323 e. The van der Waals surface area contributed by atoms with E-state index in [9.17, 15) is 18.8 Å². The number of hydrogen-bond acceptors (Lipinski definition) is 5. The molecule has 1 aromatic heterocycles. The Hall–Kier alpha value is -3.54. The average Bonchev–Trinajstić information content (AvgIpc) is 3.48. The summed E-state index contributed by atoms with van der Waals surface area (Å²) in [5, 5.41) is 3.26. The van der Waals surface area contributed by atoms with Crippen molar-refractivity contribution in [2.75, 3.05) is 44.7 Å². The highest BCUT2D eigenvalue weighted by molar-refractivity contribution is 6.30. The third kappa shape index (κ3) is 5.81. The molecule has 2 saturated heterocycles. The molecule has 2 aromatic carbocycles. The number of rotatable bonds is 7. The van der Waals surface area contributed by atoms with E-state index in [-0.39, 0.29) is 48.7 Å². The van der Waals surface area contributed by atoms with Crippen molar-refractivity contribution in [2.24, 2.45) is 5.73 Å². The van der Waals surface area contributed by atoms with Crippen molar-refractivity contribution in [3.8, 4) is 0 Å². The standard InChI is InChI=1S/C28H30ClF2N5O4/c29-20-6-3-4-18(25(20)30)8-9-24(37)23-14-28(31,16-34-10-12-40-13-11-34)17-36(23)27(39)33-21-15-35(26(32)38)22-7-2-1-5-19(21)22/h1-7,15,23H,8-14,16-17H2,(H2,32,38)(H,33,39)/t23-,28+/m0/s1. The fraction of sp³-hybridized carbons (Fsp3) is 0.393. The van der Waals surface area contributed by atoms with Crippen LogP contribution in [-0.2, 0) is 16.0 Å². The molecule has 212 valence electrons. The van der Waals surface area contributed by atoms with E-state index in [0.29, 0.717) is 42.9 Å². The third-order valence-electron chi connectivity index (χ3n) is 7.50. The molecule has 40 heavy (non-hydrogen) atoms. The Morgan fingerprint density at radius 1 is 1.12 bits per heavy atom. The number of anilines is 1. The molecule has 3 N–H and O–H groups in total. The van der Waals surface area contributed by atoms with Gasteiger partial charge in [-0.1, -0.05) is 41.9 Å². The van der Waals surface area contributed by atoms with Gasteiger partial charge >= 0.3 is 12.1 Å². The number of Topliss-reactive ketones (excluding diaryl/α,β-unsaturated/α-hetero) is 1. The molecule has 3 heterocycles. The SMILES string of the molecule is NC(=O)n1cc(NC(=O)N2C[C@](F)(CN3CCOCC3)C[C@H]2C(=O)CCc2cccc(Cl)c2F)c2ccccc21. The van der Waals surface area contributed by atoms with Gasteiger partial charge in [-0.25, -0.2) is 18.4 Å². The van der Waals surface area contributed by atoms with Crippen LogP contribution >= 0.6 is 11.6 Å². The topological polar surface area (TPSA) is 110 Å². The third-order valence-corrected chi connectivity index (χ3v) is 7.79. The number of carbonyl (C=O) groups is 3. The quantitative estimate of drug-likeness (QED) is 0.440. The molecule has 0 unspecified atom stereocenters. The maximum atomic E-state index is 16.3. The second-order valence-electron chi connectivity index (χ2n) is 10.3. The summed E-state index contributed by atoms with van der Waals surface area (Å²) < 4.78 is 37.3. The number of benzene rings is 2. The molecule has 0 aliphatic carbocycles. The van der Waals surface area contributed by atoms with Gasteiger partial charge in [-0.2, -0.15) is 0 Å². The van der Waals surface area contributed by atoms with Gasteiger partial charge in [0.15, 0.2) is 5.78 Å². The molecule has 2 fully saturated rings. The van der Waals surface area contributed by atoms with Gasteiger partial charge in [0.2, 0.25) is 0 Å². The van der Waals surface area contributed by atoms with E-state index in [1.165, 1.54) is 21.7 Å². The van der Waals surface area contributed by atoms with Crippen molar-refractivity contribution < 1.29 is 27.9 Å². The van der Waals surface area contributed by atoms with E-state index in [1.807, 2.05) is 4.90 Å². The Bertz CT molecular complexity index is 1440. The van der Waals surface area contributed by atoms with Crippen molar-refractivity contribution in [1.82, 2.24) is 14.4 Å². The van der Waals surface area contributed by atoms with Crippen molar-refractivity contribution in [3.63, 3.8) is 0 Å². The molecule has 0 radical (unpaired) electrons. The van der Waals surface area contributed by atoms with Crippen LogP contribution in [-0.4, -0.2) is 83.3 Å². The molecule has 3 aromatic rings. The number of ketones is 1. The molecule has 0 spiro atoms. The van der Waals surface area contributed by atoms with Crippen molar-refractivity contribution in [2.45, 2.75) is 31.0 Å². The summed E-state index contributed by atoms with van der Waals surface area (Å²) in [4.78, 5) is 42.1. The summed E-state index contributed by atoms with van der Waals surface area (Å²) in [6.07, 6.45) is 1.18. The number of likely N-dealkylation sites (tertiary alicyclic amines) is 1. The molecule has 0 saturated carbocycles. The molecule has 12 heteroatoms. The van der Waals surface area contributed by atoms with Crippen LogP contribution in [0, 0.1) is 5.82 Å². The van der Waals surface area contributed by atoms with Gasteiger partial charge in [-0.15, -0.1) is 0 Å². The highest BCUT2D eigenvalue weighted by atomic mass is 35.5. The first-order valence-electron chi connectivity index (χ1n) is 13.1. The zero-order chi connectivity index (χ0) is 28.4. The first-order valence-corrected chi connectivity index (χ1v) is 13.5. The predicted molar refractivity (Wildman–Crippen MR) is 147 cm³/mol. The lowest BCUT2D eigenvalue weighted by atomic mass is 9.96. The predicted octanol–water partition coefficient (Wildman–Crippen LogP) is 4.21. The normalized spacial score (nSPS) is 21.6. The van der Waals surface area contributed by atoms with E-state index < -0.39 is 29.6 Å². The number of fused-ring (bicyclic) bond motifs is 1. The first-order chi connectivity index (χ1) is 19.1. The Morgan fingerprint density at radius 3 is 2.62 bits per heavy atom. The fourth-order valence-corrected chi connectivity index (χ4v) is 5.72. The number of urea groups is 1. The van der Waals surface area contributed by atoms with Gasteiger partial charge in [0.1, 0.15) is 11.5 Å². The molecule has 5 rings (SSSR count). The van der Waals surface area contributed by atoms with Crippen LogP contribution in [0.2, 0.25) is 5.02 Å². The van der Waals surface area contributed by atoms with Crippen LogP contribution < -0.4 is 11.1 Å². The Balaban J connectivity index is 1.38. The van der Waals surface area contributed by atoms with Crippen LogP contribution in [0.15, 0.2) is 48.7 Å². The van der Waals surface area contributed by atoms with E-state index >= 15 is 4.39 Å². The smallest absolute Gasteiger partial charge is 0.323 e. The molecule has 2 atom stereocenters. The Kier molecular flexibility index (Phi) is 8.07. The van der Waals surface area contributed by atoms with E-state index in [2.05, 4.69) is 5.32 Å². The number of ether oxygens (including phenoxy) is 1. The maximum absolute atomic E-state index is 16.3. The number of nitrogens with one attached hydrogen (secondary N) is 1. The van der Waals surface area contributed by atoms with E-state index in [4.69, 9.17) is 22.1 Å². The number of carbonyl (C=O) groups excluding carboxylic acids is 3. The molecule has 0 bridgehead atoms. The van der Waals surface area contributed by atoms with Crippen LogP contribution in [0.5, 0.6) is 0 Å². The summed E-state index contributed by atoms with van der Waals surface area (Å²) in [5.41, 5.74) is 4.73. The van der Waals surface area contributed by atoms with Crippen LogP contribution in [0.25, 0.3) is 10.9 Å². The van der Waals surface area contributed by atoms with Gasteiger partial charge in [0.25, 0.3) is 0 Å². The van der Waals surface area contributed by atoms with Gasteiger partial charge in [0.05, 0.1) is 42.0 Å². The summed E-state index contributed by atoms with van der Waals surface area (Å²) in [5.74, 6) is -0.980. The minimum atomic E-state index is -1.84. The second-order valence-corrected chi connectivity index (χ2v) is 10.7. The highest BCUT2D eigenvalue weighted by Crippen LogP contribution is 2.35. The number of primary amides is 1. The van der Waals surface area contributed by atoms with E-state index in [0.717, 1.165) is 0 Å². The Morgan fingerprint density at radius 2 is 1.88 bits per heavy atom. The summed E-state index contributed by atoms with van der Waals surface area (Å²) in [7, 11) is 0. The number of para-hydroxylation sites is 1. The first kappa shape index (κ1) is 28.0. The number of hydrogen-bond donors (Lipinski definition) is 2. The van der Waals surface area contributed by atoms with Gasteiger partial charge in [-0.3, -0.25) is 14.3 Å². The van der Waals surface area contributed by atoms with Gasteiger partial charge < -0.3 is 20.7 Å². The van der Waals surface area contributed by atoms with Crippen LogP contribution in [0.1, 0.15) is 18.4 Å². The zero-order valence-electron chi connectivity index (χ0n) is 21.7. The second kappa shape index (κ2) is 11.5. The number of nitrogens with two attached hydrogens (primary N) is 1. The summed E-state index contributed by atoms with van der Waals surface area (Å²) in [6, 6.07) is 8.97. The van der Waals surface area contributed by atoms with Crippen molar-refractivity contribution in [3.05, 3.63) is 65.1 Å². The number of amides is 3. The van der Waals surface area contributed by atoms with E-state index in [1.54, 1.807) is 36.4 Å². The molecule has 2 aliphatic rings. The number of morpholine rings is 1. The largest absolute Gasteiger partial charge is 0.379 e. The van der Waals surface area contributed by atoms with Gasteiger partial charge in [0, 0.05) is 44.1 Å². The highest BCUT2D eigenvalue weighted by Gasteiger charge is 2.50. The van der Waals surface area contributed by atoms with Crippen molar-refractivity contribution in [1.29, 1.82) is 0 Å². The summed E-state index contributed by atoms with van der Waals surface area (Å²) in [6.45, 7) is 1.82. The van der Waals surface area contributed by atoms with Crippen molar-refractivity contribution >= 4 is 46.0 Å². The lowest BCUT2D eigenvalue weighted by molar-refractivity contribution is -0.122.